The fourth-order valence-electron chi connectivity index (χ4n) is 2.52. The van der Waals surface area contributed by atoms with E-state index < -0.39 is 0 Å². The van der Waals surface area contributed by atoms with E-state index in [4.69, 9.17) is 10.5 Å². The minimum Gasteiger partial charge on any atom is -0.497 e. The van der Waals surface area contributed by atoms with Gasteiger partial charge in [0, 0.05) is 23.5 Å². The summed E-state index contributed by atoms with van der Waals surface area (Å²) in [6, 6.07) is 15.4. The number of methoxy groups -OCH3 is 1. The number of hydrogen-bond donors (Lipinski definition) is 1. The maximum absolute atomic E-state index is 5.72. The summed E-state index contributed by atoms with van der Waals surface area (Å²) in [6.07, 6.45) is 1.97. The van der Waals surface area contributed by atoms with E-state index in [0.717, 1.165) is 33.7 Å². The smallest absolute Gasteiger partial charge is 0.235 e. The molecule has 0 bridgehead atoms. The van der Waals surface area contributed by atoms with E-state index in [1.165, 1.54) is 0 Å². The highest BCUT2D eigenvalue weighted by molar-refractivity contribution is 5.81. The van der Waals surface area contributed by atoms with Crippen LogP contribution in [0.5, 0.6) is 5.75 Å². The molecule has 2 aromatic carbocycles. The first kappa shape index (κ1) is 12.6. The average molecular weight is 290 g/mol. The molecule has 0 unspecified atom stereocenters. The Morgan fingerprint density at radius 1 is 1.00 bits per heavy atom. The van der Waals surface area contributed by atoms with Gasteiger partial charge in [0.2, 0.25) is 5.78 Å². The van der Waals surface area contributed by atoms with Gasteiger partial charge in [-0.15, -0.1) is 0 Å². The molecule has 5 heteroatoms. The van der Waals surface area contributed by atoms with Crippen molar-refractivity contribution in [2.45, 2.75) is 0 Å². The van der Waals surface area contributed by atoms with Crippen LogP contribution in [0.3, 0.4) is 0 Å². The van der Waals surface area contributed by atoms with E-state index >= 15 is 0 Å². The normalized spacial score (nSPS) is 11.1. The van der Waals surface area contributed by atoms with Crippen molar-refractivity contribution in [2.24, 2.45) is 0 Å². The molecule has 2 N–H and O–H groups in total. The molecular formula is C17H14N4O. The van der Waals surface area contributed by atoms with Crippen molar-refractivity contribution in [1.82, 2.24) is 14.4 Å². The lowest BCUT2D eigenvalue weighted by Gasteiger charge is -2.03. The van der Waals surface area contributed by atoms with Crippen molar-refractivity contribution in [3.63, 3.8) is 0 Å². The molecule has 4 rings (SSSR count). The monoisotopic (exact) mass is 290 g/mol. The topological polar surface area (TPSA) is 65.4 Å². The molecule has 0 aliphatic carbocycles. The van der Waals surface area contributed by atoms with E-state index in [0.29, 0.717) is 5.78 Å². The summed E-state index contributed by atoms with van der Waals surface area (Å²) < 4.78 is 7.23. The van der Waals surface area contributed by atoms with Gasteiger partial charge < -0.3 is 10.5 Å². The molecule has 4 aromatic rings. The predicted octanol–water partition coefficient (Wildman–Crippen LogP) is 3.14. The molecule has 0 saturated heterocycles. The summed E-state index contributed by atoms with van der Waals surface area (Å²) in [6.45, 7) is 0. The minimum absolute atomic E-state index is 0.664. The first-order chi connectivity index (χ1) is 10.7. The number of aromatic nitrogens is 3. The Morgan fingerprint density at radius 2 is 1.82 bits per heavy atom. The lowest BCUT2D eigenvalue weighted by Crippen LogP contribution is -1.92. The van der Waals surface area contributed by atoms with Crippen LogP contribution < -0.4 is 10.5 Å². The van der Waals surface area contributed by atoms with E-state index in [-0.39, 0.29) is 0 Å². The first-order valence-corrected chi connectivity index (χ1v) is 6.93. The fourth-order valence-corrected chi connectivity index (χ4v) is 2.52. The number of nitrogen functional groups attached to an aromatic ring is 1. The molecule has 0 aliphatic heterocycles. The van der Waals surface area contributed by atoms with Crippen LogP contribution in [0.4, 0.5) is 5.69 Å². The lowest BCUT2D eigenvalue weighted by molar-refractivity contribution is 0.415. The van der Waals surface area contributed by atoms with Crippen LogP contribution in [0.1, 0.15) is 0 Å². The number of benzene rings is 2. The number of hydrogen-bond acceptors (Lipinski definition) is 4. The Labute approximate surface area is 127 Å². The molecule has 0 spiro atoms. The van der Waals surface area contributed by atoms with Crippen LogP contribution in [0.15, 0.2) is 54.7 Å². The maximum atomic E-state index is 5.72. The van der Waals surface area contributed by atoms with Crippen molar-refractivity contribution in [1.29, 1.82) is 0 Å². The molecule has 0 aliphatic rings. The molecule has 108 valence electrons. The van der Waals surface area contributed by atoms with E-state index in [1.54, 1.807) is 7.11 Å². The second-order valence-corrected chi connectivity index (χ2v) is 5.07. The average Bonchev–Trinajstić information content (AvgIpc) is 2.92. The second kappa shape index (κ2) is 4.73. The largest absolute Gasteiger partial charge is 0.497 e. The van der Waals surface area contributed by atoms with Gasteiger partial charge in [-0.1, -0.05) is 12.1 Å². The molecule has 2 heterocycles. The number of nitrogens with two attached hydrogens (primary N) is 1. The maximum Gasteiger partial charge on any atom is 0.235 e. The number of imidazole rings is 1. The molecule has 0 radical (unpaired) electrons. The summed E-state index contributed by atoms with van der Waals surface area (Å²) in [5.74, 6) is 1.47. The quantitative estimate of drug-likeness (QED) is 0.576. The van der Waals surface area contributed by atoms with Crippen molar-refractivity contribution >= 4 is 22.5 Å². The van der Waals surface area contributed by atoms with Crippen molar-refractivity contribution in [3.05, 3.63) is 54.7 Å². The third-order valence-corrected chi connectivity index (χ3v) is 3.69. The molecule has 0 saturated carbocycles. The van der Waals surface area contributed by atoms with Crippen LogP contribution >= 0.6 is 0 Å². The zero-order valence-electron chi connectivity index (χ0n) is 12.0. The molecular weight excluding hydrogens is 276 g/mol. The van der Waals surface area contributed by atoms with Crippen LogP contribution in [-0.4, -0.2) is 21.5 Å². The summed E-state index contributed by atoms with van der Waals surface area (Å²) >= 11 is 0. The van der Waals surface area contributed by atoms with Crippen LogP contribution in [0, 0.1) is 0 Å². The highest BCUT2D eigenvalue weighted by Crippen LogP contribution is 2.24. The van der Waals surface area contributed by atoms with Gasteiger partial charge in [-0.25, -0.2) is 9.97 Å². The summed E-state index contributed by atoms with van der Waals surface area (Å²) in [5.41, 5.74) is 10.2. The van der Waals surface area contributed by atoms with Crippen molar-refractivity contribution < 1.29 is 4.74 Å². The van der Waals surface area contributed by atoms with Gasteiger partial charge in [-0.05, 0) is 30.3 Å². The van der Waals surface area contributed by atoms with Crippen molar-refractivity contribution in [2.75, 3.05) is 12.8 Å². The Balaban J connectivity index is 1.90. The zero-order chi connectivity index (χ0) is 15.1. The van der Waals surface area contributed by atoms with E-state index in [2.05, 4.69) is 9.97 Å². The third-order valence-electron chi connectivity index (χ3n) is 3.69. The van der Waals surface area contributed by atoms with Gasteiger partial charge in [-0.2, -0.15) is 0 Å². The Kier molecular flexibility index (Phi) is 2.72. The van der Waals surface area contributed by atoms with Crippen LogP contribution in [0.25, 0.3) is 28.1 Å². The SMILES string of the molecule is COc1ccc2nc3nc(-c4ccc(N)cc4)ccn3c2c1. The highest BCUT2D eigenvalue weighted by Gasteiger charge is 2.08. The van der Waals surface area contributed by atoms with Gasteiger partial charge >= 0.3 is 0 Å². The van der Waals surface area contributed by atoms with Gasteiger partial charge in [0.25, 0.3) is 0 Å². The Morgan fingerprint density at radius 3 is 2.59 bits per heavy atom. The van der Waals surface area contributed by atoms with E-state index in [1.807, 2.05) is 59.1 Å². The van der Waals surface area contributed by atoms with Crippen LogP contribution in [0.2, 0.25) is 0 Å². The first-order valence-electron chi connectivity index (χ1n) is 6.93. The second-order valence-electron chi connectivity index (χ2n) is 5.07. The predicted molar refractivity (Wildman–Crippen MR) is 86.9 cm³/mol. The molecule has 2 aromatic heterocycles. The molecule has 0 atom stereocenters. The molecule has 5 nitrogen and oxygen atoms in total. The van der Waals surface area contributed by atoms with Gasteiger partial charge in [0.1, 0.15) is 5.75 Å². The standard InChI is InChI=1S/C17H14N4O/c1-22-13-6-7-15-16(10-13)21-9-8-14(19-17(21)20-15)11-2-4-12(18)5-3-11/h2-10H,18H2,1H3. The summed E-state index contributed by atoms with van der Waals surface area (Å²) in [7, 11) is 1.65. The summed E-state index contributed by atoms with van der Waals surface area (Å²) in [5, 5.41) is 0. The number of rotatable bonds is 2. The molecule has 0 fully saturated rings. The molecule has 22 heavy (non-hydrogen) atoms. The lowest BCUT2D eigenvalue weighted by atomic mass is 10.1. The highest BCUT2D eigenvalue weighted by atomic mass is 16.5. The molecule has 0 amide bonds. The van der Waals surface area contributed by atoms with Gasteiger partial charge in [-0.3, -0.25) is 4.40 Å². The minimum atomic E-state index is 0.664. The zero-order valence-corrected chi connectivity index (χ0v) is 12.0. The van der Waals surface area contributed by atoms with Gasteiger partial charge in [0.05, 0.1) is 23.8 Å². The fraction of sp³-hybridized carbons (Fsp3) is 0.0588. The van der Waals surface area contributed by atoms with Crippen molar-refractivity contribution in [3.8, 4) is 17.0 Å². The Hall–Kier alpha value is -3.08. The van der Waals surface area contributed by atoms with E-state index in [9.17, 15) is 0 Å². The number of ether oxygens (including phenoxy) is 1. The number of nitrogens with zero attached hydrogens (tertiary/aromatic N) is 3. The summed E-state index contributed by atoms with van der Waals surface area (Å²) in [4.78, 5) is 9.20. The van der Waals surface area contributed by atoms with Gasteiger partial charge in [0.15, 0.2) is 0 Å². The van der Waals surface area contributed by atoms with Crippen LogP contribution in [-0.2, 0) is 0 Å². The number of fused-ring (bicyclic) bond motifs is 3. The third kappa shape index (κ3) is 1.95. The Bertz CT molecular complexity index is 973. The number of anilines is 1.